The summed E-state index contributed by atoms with van der Waals surface area (Å²) in [5.41, 5.74) is 6.00. The Morgan fingerprint density at radius 2 is 1.61 bits per heavy atom. The van der Waals surface area contributed by atoms with Gasteiger partial charge in [-0.3, -0.25) is 14.5 Å². The molecule has 0 heterocycles. The van der Waals surface area contributed by atoms with Crippen LogP contribution >= 0.6 is 23.2 Å². The number of rotatable bonds is 8. The Hall–Kier alpha value is -3.80. The van der Waals surface area contributed by atoms with Crippen molar-refractivity contribution in [2.24, 2.45) is 5.73 Å². The molecule has 1 amide bonds. The van der Waals surface area contributed by atoms with E-state index in [0.29, 0.717) is 5.69 Å². The number of hydrogen-bond acceptors (Lipinski definition) is 5. The van der Waals surface area contributed by atoms with Crippen molar-refractivity contribution >= 4 is 68.1 Å². The van der Waals surface area contributed by atoms with Gasteiger partial charge in [0.05, 0.1) is 26.3 Å². The average Bonchev–Trinajstić information content (AvgIpc) is 2.81. The second kappa shape index (κ2) is 10.9. The monoisotopic (exact) mass is 549 g/mol. The number of hydrogen-bond donors (Lipinski definition) is 5. The van der Waals surface area contributed by atoms with E-state index >= 15 is 0 Å². The molecule has 13 heteroatoms. The van der Waals surface area contributed by atoms with Crippen LogP contribution < -0.4 is 20.7 Å². The largest absolute Gasteiger partial charge is 0.480 e. The second-order valence-electron chi connectivity index (χ2n) is 7.49. The summed E-state index contributed by atoms with van der Waals surface area (Å²) in [5, 5.41) is 21.6. The van der Waals surface area contributed by atoms with Gasteiger partial charge in [0.1, 0.15) is 6.04 Å². The van der Waals surface area contributed by atoms with E-state index in [1.165, 1.54) is 31.2 Å². The van der Waals surface area contributed by atoms with E-state index < -0.39 is 27.9 Å². The zero-order valence-electron chi connectivity index (χ0n) is 18.7. The van der Waals surface area contributed by atoms with E-state index in [9.17, 15) is 23.1 Å². The first kappa shape index (κ1) is 26.8. The molecule has 3 rings (SSSR count). The normalized spacial score (nSPS) is 11.9. The zero-order valence-corrected chi connectivity index (χ0v) is 21.0. The van der Waals surface area contributed by atoms with Gasteiger partial charge in [-0.25, -0.2) is 13.2 Å². The van der Waals surface area contributed by atoms with Crippen molar-refractivity contribution in [1.29, 1.82) is 5.41 Å². The van der Waals surface area contributed by atoms with E-state index in [0.717, 1.165) is 16.4 Å². The second-order valence-corrected chi connectivity index (χ2v) is 10.1. The highest BCUT2D eigenvalue weighted by Gasteiger charge is 2.34. The molecular formula is C23H21Cl2N5O5S. The fourth-order valence-electron chi connectivity index (χ4n) is 3.26. The van der Waals surface area contributed by atoms with Gasteiger partial charge in [-0.15, -0.1) is 0 Å². The molecule has 0 aliphatic heterocycles. The van der Waals surface area contributed by atoms with Gasteiger partial charge in [0, 0.05) is 11.3 Å². The Kier molecular flexibility index (Phi) is 8.08. The SMILES string of the molecule is C[C@@H](C(=O)O)N(c1ccccc1)S(=O)(=O)c1cc(Cl)c(NC(=O)c2cccc(NC(=N)N)c2)c(Cl)c1. The molecule has 0 bridgehead atoms. The van der Waals surface area contributed by atoms with Gasteiger partial charge in [-0.2, -0.15) is 0 Å². The molecule has 0 aliphatic carbocycles. The summed E-state index contributed by atoms with van der Waals surface area (Å²) in [5.74, 6) is -2.27. The highest BCUT2D eigenvalue weighted by molar-refractivity contribution is 7.93. The Morgan fingerprint density at radius 1 is 1.00 bits per heavy atom. The number of amides is 1. The lowest BCUT2D eigenvalue weighted by Crippen LogP contribution is -2.43. The zero-order chi connectivity index (χ0) is 26.6. The molecular weight excluding hydrogens is 529 g/mol. The molecule has 0 saturated carbocycles. The standard InChI is InChI=1S/C23H21Cl2N5O5S/c1-13(22(32)33)30(16-8-3-2-4-9-16)36(34,35)17-11-18(24)20(19(25)12-17)29-21(31)14-6-5-7-15(10-14)28-23(26)27/h2-13H,1H3,(H,29,31)(H,32,33)(H4,26,27,28)/t13-/m0/s1. The van der Waals surface area contributed by atoms with Crippen LogP contribution in [0.4, 0.5) is 17.1 Å². The molecule has 3 aromatic rings. The van der Waals surface area contributed by atoms with E-state index in [1.54, 1.807) is 30.3 Å². The third kappa shape index (κ3) is 5.88. The summed E-state index contributed by atoms with van der Waals surface area (Å²) >= 11 is 12.6. The van der Waals surface area contributed by atoms with Gasteiger partial charge < -0.3 is 21.5 Å². The summed E-state index contributed by atoms with van der Waals surface area (Å²) in [6.45, 7) is 1.24. The molecule has 3 aromatic carbocycles. The Labute approximate surface area is 217 Å². The number of sulfonamides is 1. The topological polar surface area (TPSA) is 166 Å². The number of carboxylic acids is 1. The molecule has 188 valence electrons. The maximum Gasteiger partial charge on any atom is 0.327 e. The fraction of sp³-hybridized carbons (Fsp3) is 0.0870. The van der Waals surface area contributed by atoms with Crippen molar-refractivity contribution < 1.29 is 23.1 Å². The van der Waals surface area contributed by atoms with Crippen LogP contribution in [0.5, 0.6) is 0 Å². The van der Waals surface area contributed by atoms with Gasteiger partial charge in [0.25, 0.3) is 15.9 Å². The molecule has 0 aliphatic rings. The number of nitrogens with two attached hydrogens (primary N) is 1. The molecule has 0 unspecified atom stereocenters. The van der Waals surface area contributed by atoms with Crippen molar-refractivity contribution in [1.82, 2.24) is 0 Å². The Bertz CT molecular complexity index is 1410. The van der Waals surface area contributed by atoms with Crippen molar-refractivity contribution in [3.63, 3.8) is 0 Å². The smallest absolute Gasteiger partial charge is 0.327 e. The van der Waals surface area contributed by atoms with E-state index in [-0.39, 0.29) is 37.8 Å². The lowest BCUT2D eigenvalue weighted by atomic mass is 10.2. The number of carboxylic acid groups (broad SMARTS) is 1. The van der Waals surface area contributed by atoms with Gasteiger partial charge in [-0.1, -0.05) is 47.5 Å². The van der Waals surface area contributed by atoms with E-state index in [4.69, 9.17) is 34.3 Å². The lowest BCUT2D eigenvalue weighted by molar-refractivity contribution is -0.137. The highest BCUT2D eigenvalue weighted by atomic mass is 35.5. The number of nitrogens with zero attached hydrogens (tertiary/aromatic N) is 1. The van der Waals surface area contributed by atoms with Crippen molar-refractivity contribution in [2.45, 2.75) is 17.9 Å². The summed E-state index contributed by atoms with van der Waals surface area (Å²) in [6.07, 6.45) is 0. The number of para-hydroxylation sites is 1. The summed E-state index contributed by atoms with van der Waals surface area (Å²) in [6, 6.07) is 14.6. The minimum atomic E-state index is -4.43. The predicted molar refractivity (Wildman–Crippen MR) is 140 cm³/mol. The first-order chi connectivity index (χ1) is 16.9. The third-order valence-electron chi connectivity index (χ3n) is 4.93. The van der Waals surface area contributed by atoms with Crippen LogP contribution in [0.3, 0.4) is 0 Å². The first-order valence-electron chi connectivity index (χ1n) is 10.3. The maximum absolute atomic E-state index is 13.5. The molecule has 0 radical (unpaired) electrons. The number of carbonyl (C=O) groups excluding carboxylic acids is 1. The Morgan fingerprint density at radius 3 is 2.17 bits per heavy atom. The molecule has 36 heavy (non-hydrogen) atoms. The molecule has 0 spiro atoms. The van der Waals surface area contributed by atoms with Crippen LogP contribution in [0, 0.1) is 5.41 Å². The number of carbonyl (C=O) groups is 2. The van der Waals surface area contributed by atoms with Crippen LogP contribution in [0.25, 0.3) is 0 Å². The number of guanidine groups is 1. The van der Waals surface area contributed by atoms with Crippen LogP contribution in [0.1, 0.15) is 17.3 Å². The quantitative estimate of drug-likeness (QED) is 0.207. The molecule has 6 N–H and O–H groups in total. The van der Waals surface area contributed by atoms with Crippen LogP contribution in [0.2, 0.25) is 10.0 Å². The van der Waals surface area contributed by atoms with E-state index in [1.807, 2.05) is 0 Å². The van der Waals surface area contributed by atoms with Gasteiger partial charge in [0.15, 0.2) is 5.96 Å². The van der Waals surface area contributed by atoms with Gasteiger partial charge in [-0.05, 0) is 49.4 Å². The molecule has 0 fully saturated rings. The predicted octanol–water partition coefficient (Wildman–Crippen LogP) is 4.22. The number of nitrogens with one attached hydrogen (secondary N) is 3. The lowest BCUT2D eigenvalue weighted by Gasteiger charge is -2.28. The third-order valence-corrected chi connectivity index (χ3v) is 7.41. The highest BCUT2D eigenvalue weighted by Crippen LogP contribution is 2.36. The van der Waals surface area contributed by atoms with Crippen LogP contribution in [-0.4, -0.2) is 37.4 Å². The van der Waals surface area contributed by atoms with Crippen molar-refractivity contribution in [2.75, 3.05) is 14.9 Å². The molecule has 0 aromatic heterocycles. The maximum atomic E-state index is 13.5. The van der Waals surface area contributed by atoms with Crippen LogP contribution in [-0.2, 0) is 14.8 Å². The molecule has 1 atom stereocenters. The van der Waals surface area contributed by atoms with Crippen LogP contribution in [0.15, 0.2) is 71.6 Å². The minimum Gasteiger partial charge on any atom is -0.480 e. The van der Waals surface area contributed by atoms with Gasteiger partial charge in [0.2, 0.25) is 0 Å². The summed E-state index contributed by atoms with van der Waals surface area (Å²) in [4.78, 5) is 24.1. The summed E-state index contributed by atoms with van der Waals surface area (Å²) in [7, 11) is -4.43. The first-order valence-corrected chi connectivity index (χ1v) is 12.4. The number of aliphatic carboxylic acids is 1. The number of anilines is 3. The van der Waals surface area contributed by atoms with Gasteiger partial charge >= 0.3 is 5.97 Å². The van der Waals surface area contributed by atoms with Crippen molar-refractivity contribution in [3.8, 4) is 0 Å². The number of benzene rings is 3. The Balaban J connectivity index is 1.97. The molecule has 10 nitrogen and oxygen atoms in total. The molecule has 0 saturated heterocycles. The van der Waals surface area contributed by atoms with E-state index in [2.05, 4.69) is 10.6 Å². The fourth-order valence-corrected chi connectivity index (χ4v) is 5.63. The number of halogens is 2. The minimum absolute atomic E-state index is 0.0373. The van der Waals surface area contributed by atoms with Crippen molar-refractivity contribution in [3.05, 3.63) is 82.3 Å². The summed E-state index contributed by atoms with van der Waals surface area (Å²) < 4.78 is 27.7. The average molecular weight is 550 g/mol.